The fourth-order valence-electron chi connectivity index (χ4n) is 4.20. The summed E-state index contributed by atoms with van der Waals surface area (Å²) in [4.78, 5) is 25.9. The van der Waals surface area contributed by atoms with Gasteiger partial charge in [-0.2, -0.15) is 5.10 Å². The summed E-state index contributed by atoms with van der Waals surface area (Å²) >= 11 is 0. The van der Waals surface area contributed by atoms with Crippen LogP contribution in [0.5, 0.6) is 0 Å². The molecule has 1 aromatic heterocycles. The number of fused-ring (bicyclic) bond motifs is 1. The molecule has 2 atom stereocenters. The summed E-state index contributed by atoms with van der Waals surface area (Å²) in [6.07, 6.45) is 3.74. The van der Waals surface area contributed by atoms with Crippen molar-refractivity contribution in [2.45, 2.75) is 31.9 Å². The molecule has 1 unspecified atom stereocenters. The van der Waals surface area contributed by atoms with Gasteiger partial charge < -0.3 is 14.7 Å². The van der Waals surface area contributed by atoms with Gasteiger partial charge in [-0.05, 0) is 31.2 Å². The SMILES string of the molecule is O=C(O)C1CCO[C@H]1C1CCN(C(=O)Cn2ncc3ccccc32)CC1. The molecule has 1 amide bonds. The van der Waals surface area contributed by atoms with E-state index in [1.54, 1.807) is 10.9 Å². The number of para-hydroxylation sites is 1. The second kappa shape index (κ2) is 7.07. The number of aromatic nitrogens is 2. The third kappa shape index (κ3) is 3.19. The number of hydrogen-bond acceptors (Lipinski definition) is 4. The normalized spacial score (nSPS) is 24.2. The van der Waals surface area contributed by atoms with E-state index >= 15 is 0 Å². The van der Waals surface area contributed by atoms with Crippen molar-refractivity contribution < 1.29 is 19.4 Å². The van der Waals surface area contributed by atoms with Crippen LogP contribution in [0.4, 0.5) is 0 Å². The number of amides is 1. The minimum Gasteiger partial charge on any atom is -0.481 e. The Hall–Kier alpha value is -2.41. The topological polar surface area (TPSA) is 84.7 Å². The summed E-state index contributed by atoms with van der Waals surface area (Å²) < 4.78 is 7.44. The highest BCUT2D eigenvalue weighted by molar-refractivity contribution is 5.82. The largest absolute Gasteiger partial charge is 0.481 e. The number of hydrogen-bond donors (Lipinski definition) is 1. The van der Waals surface area contributed by atoms with Crippen molar-refractivity contribution in [2.75, 3.05) is 19.7 Å². The second-order valence-corrected chi connectivity index (χ2v) is 7.15. The Kier molecular flexibility index (Phi) is 4.63. The van der Waals surface area contributed by atoms with E-state index in [0.29, 0.717) is 26.1 Å². The molecule has 0 bridgehead atoms. The van der Waals surface area contributed by atoms with Gasteiger partial charge in [-0.3, -0.25) is 14.3 Å². The molecular formula is C19H23N3O4. The first-order chi connectivity index (χ1) is 12.6. The van der Waals surface area contributed by atoms with Crippen molar-refractivity contribution in [2.24, 2.45) is 11.8 Å². The first-order valence-corrected chi connectivity index (χ1v) is 9.16. The molecule has 1 aromatic carbocycles. The quantitative estimate of drug-likeness (QED) is 0.901. The molecule has 2 aliphatic rings. The van der Waals surface area contributed by atoms with Gasteiger partial charge >= 0.3 is 5.97 Å². The van der Waals surface area contributed by atoms with Crippen LogP contribution in [0, 0.1) is 11.8 Å². The van der Waals surface area contributed by atoms with Crippen LogP contribution in [0.25, 0.3) is 10.9 Å². The summed E-state index contributed by atoms with van der Waals surface area (Å²) in [5.41, 5.74) is 0.958. The maximum absolute atomic E-state index is 12.6. The van der Waals surface area contributed by atoms with Crippen molar-refractivity contribution in [3.8, 4) is 0 Å². The van der Waals surface area contributed by atoms with Gasteiger partial charge in [0.1, 0.15) is 6.54 Å². The third-order valence-electron chi connectivity index (χ3n) is 5.65. The number of nitrogens with zero attached hydrogens (tertiary/aromatic N) is 3. The van der Waals surface area contributed by atoms with Gasteiger partial charge in [-0.15, -0.1) is 0 Å². The lowest BCUT2D eigenvalue weighted by Gasteiger charge is -2.35. The van der Waals surface area contributed by atoms with E-state index in [9.17, 15) is 14.7 Å². The number of ether oxygens (including phenoxy) is 1. The van der Waals surface area contributed by atoms with Crippen LogP contribution >= 0.6 is 0 Å². The Morgan fingerprint density at radius 2 is 1.96 bits per heavy atom. The van der Waals surface area contributed by atoms with Gasteiger partial charge in [0.25, 0.3) is 0 Å². The highest BCUT2D eigenvalue weighted by Crippen LogP contribution is 2.33. The number of carboxylic acid groups (broad SMARTS) is 1. The molecule has 4 rings (SSSR count). The van der Waals surface area contributed by atoms with E-state index in [0.717, 1.165) is 23.7 Å². The molecule has 138 valence electrons. The van der Waals surface area contributed by atoms with Gasteiger partial charge in [-0.25, -0.2) is 0 Å². The standard InChI is InChI=1S/C19H23N3O4/c23-17(12-22-16-4-2-1-3-14(16)11-20-22)21-8-5-13(6-9-21)18-15(19(24)25)7-10-26-18/h1-4,11,13,15,18H,5-10,12H2,(H,24,25)/t15?,18-/m0/s1. The molecule has 0 saturated carbocycles. The molecule has 0 radical (unpaired) electrons. The molecule has 0 aliphatic carbocycles. The van der Waals surface area contributed by atoms with Crippen LogP contribution in [-0.4, -0.2) is 57.5 Å². The molecule has 2 fully saturated rings. The summed E-state index contributed by atoms with van der Waals surface area (Å²) in [6.45, 7) is 2.05. The molecule has 2 aromatic rings. The van der Waals surface area contributed by atoms with E-state index in [1.807, 2.05) is 29.2 Å². The molecule has 2 saturated heterocycles. The van der Waals surface area contributed by atoms with E-state index < -0.39 is 11.9 Å². The number of likely N-dealkylation sites (tertiary alicyclic amines) is 1. The highest BCUT2D eigenvalue weighted by Gasteiger charge is 2.40. The van der Waals surface area contributed by atoms with Gasteiger partial charge in [-0.1, -0.05) is 18.2 Å². The van der Waals surface area contributed by atoms with Gasteiger partial charge in [0.05, 0.1) is 23.7 Å². The molecule has 7 nitrogen and oxygen atoms in total. The number of aliphatic carboxylic acids is 1. The first-order valence-electron chi connectivity index (χ1n) is 9.16. The minimum atomic E-state index is -0.767. The Labute approximate surface area is 151 Å². The molecule has 1 N–H and O–H groups in total. The van der Waals surface area contributed by atoms with E-state index in [-0.39, 0.29) is 24.5 Å². The maximum atomic E-state index is 12.6. The summed E-state index contributed by atoms with van der Waals surface area (Å²) in [5, 5.41) is 14.7. The van der Waals surface area contributed by atoms with Crippen LogP contribution < -0.4 is 0 Å². The lowest BCUT2D eigenvalue weighted by atomic mass is 9.84. The first kappa shape index (κ1) is 17.0. The minimum absolute atomic E-state index is 0.0550. The fraction of sp³-hybridized carbons (Fsp3) is 0.526. The lowest BCUT2D eigenvalue weighted by Crippen LogP contribution is -2.44. The lowest BCUT2D eigenvalue weighted by molar-refractivity contribution is -0.146. The average Bonchev–Trinajstić information content (AvgIpc) is 3.29. The molecule has 7 heteroatoms. The van der Waals surface area contributed by atoms with Gasteiger partial charge in [0.15, 0.2) is 0 Å². The van der Waals surface area contributed by atoms with Crippen LogP contribution in [-0.2, 0) is 20.9 Å². The Morgan fingerprint density at radius 1 is 1.19 bits per heavy atom. The van der Waals surface area contributed by atoms with Crippen molar-refractivity contribution in [3.63, 3.8) is 0 Å². The third-order valence-corrected chi connectivity index (χ3v) is 5.65. The van der Waals surface area contributed by atoms with E-state index in [4.69, 9.17) is 4.74 Å². The van der Waals surface area contributed by atoms with Crippen molar-refractivity contribution in [1.29, 1.82) is 0 Å². The summed E-state index contributed by atoms with van der Waals surface area (Å²) in [7, 11) is 0. The Morgan fingerprint density at radius 3 is 2.73 bits per heavy atom. The van der Waals surface area contributed by atoms with Gasteiger partial charge in [0.2, 0.25) is 5.91 Å². The van der Waals surface area contributed by atoms with Crippen LogP contribution in [0.15, 0.2) is 30.5 Å². The van der Waals surface area contributed by atoms with Crippen molar-refractivity contribution in [3.05, 3.63) is 30.5 Å². The second-order valence-electron chi connectivity index (χ2n) is 7.15. The fourth-order valence-corrected chi connectivity index (χ4v) is 4.20. The number of carbonyl (C=O) groups is 2. The summed E-state index contributed by atoms with van der Waals surface area (Å²) in [6, 6.07) is 7.84. The number of carboxylic acids is 1. The predicted molar refractivity (Wildman–Crippen MR) is 94.5 cm³/mol. The average molecular weight is 357 g/mol. The number of benzene rings is 1. The smallest absolute Gasteiger partial charge is 0.309 e. The van der Waals surface area contributed by atoms with Crippen LogP contribution in [0.3, 0.4) is 0 Å². The van der Waals surface area contributed by atoms with Crippen molar-refractivity contribution >= 4 is 22.8 Å². The van der Waals surface area contributed by atoms with E-state index in [1.165, 1.54) is 0 Å². The monoisotopic (exact) mass is 357 g/mol. The zero-order valence-electron chi connectivity index (χ0n) is 14.6. The van der Waals surface area contributed by atoms with Crippen molar-refractivity contribution in [1.82, 2.24) is 14.7 Å². The van der Waals surface area contributed by atoms with E-state index in [2.05, 4.69) is 5.10 Å². The van der Waals surface area contributed by atoms with Crippen LogP contribution in [0.1, 0.15) is 19.3 Å². The molecule has 0 spiro atoms. The maximum Gasteiger partial charge on any atom is 0.309 e. The molecular weight excluding hydrogens is 334 g/mol. The zero-order chi connectivity index (χ0) is 18.1. The molecule has 26 heavy (non-hydrogen) atoms. The molecule has 3 heterocycles. The number of piperidine rings is 1. The predicted octanol–water partition coefficient (Wildman–Crippen LogP) is 1.76. The molecule has 2 aliphatic heterocycles. The number of carbonyl (C=O) groups excluding carboxylic acids is 1. The van der Waals surface area contributed by atoms with Gasteiger partial charge in [0, 0.05) is 25.1 Å². The van der Waals surface area contributed by atoms with Crippen LogP contribution in [0.2, 0.25) is 0 Å². The highest BCUT2D eigenvalue weighted by atomic mass is 16.5. The number of rotatable bonds is 4. The Balaban J connectivity index is 1.36. The Bertz CT molecular complexity index is 810. The zero-order valence-corrected chi connectivity index (χ0v) is 14.6. The summed E-state index contributed by atoms with van der Waals surface area (Å²) in [5.74, 6) is -0.901.